The van der Waals surface area contributed by atoms with Crippen molar-refractivity contribution in [1.29, 1.82) is 0 Å². The van der Waals surface area contributed by atoms with E-state index in [1.807, 2.05) is 16.9 Å². The minimum absolute atomic E-state index is 0.331. The summed E-state index contributed by atoms with van der Waals surface area (Å²) in [7, 11) is 0. The largest absolute Gasteiger partial charge is 0.308 e. The topological polar surface area (TPSA) is 29.9 Å². The first-order valence-electron chi connectivity index (χ1n) is 6.13. The highest BCUT2D eigenvalue weighted by molar-refractivity contribution is 9.10. The van der Waals surface area contributed by atoms with Crippen LogP contribution in [0.25, 0.3) is 0 Å². The van der Waals surface area contributed by atoms with Gasteiger partial charge in [-0.25, -0.2) is 0 Å². The van der Waals surface area contributed by atoms with Gasteiger partial charge in [-0.2, -0.15) is 5.10 Å². The lowest BCUT2D eigenvalue weighted by Gasteiger charge is -2.15. The lowest BCUT2D eigenvalue weighted by atomic mass is 10.1. The fourth-order valence-corrected chi connectivity index (χ4v) is 2.55. The molecular weight excluding hydrogens is 290 g/mol. The number of aryl methyl sites for hydroxylation is 1. The van der Waals surface area contributed by atoms with Crippen molar-refractivity contribution in [3.8, 4) is 0 Å². The van der Waals surface area contributed by atoms with Crippen molar-refractivity contribution in [2.24, 2.45) is 0 Å². The smallest absolute Gasteiger partial charge is 0.0534 e. The molecule has 0 aliphatic carbocycles. The van der Waals surface area contributed by atoms with Gasteiger partial charge in [0.25, 0.3) is 0 Å². The van der Waals surface area contributed by atoms with Crippen LogP contribution in [0.5, 0.6) is 0 Å². The van der Waals surface area contributed by atoms with Crippen LogP contribution in [0.2, 0.25) is 0 Å². The van der Waals surface area contributed by atoms with Gasteiger partial charge in [-0.1, -0.05) is 34.1 Å². The van der Waals surface area contributed by atoms with E-state index in [9.17, 15) is 0 Å². The molecule has 96 valence electrons. The molecule has 0 bridgehead atoms. The first-order chi connectivity index (χ1) is 8.66. The van der Waals surface area contributed by atoms with Crippen molar-refractivity contribution in [2.45, 2.75) is 26.4 Å². The second-order valence-corrected chi connectivity index (χ2v) is 5.33. The molecule has 0 radical (unpaired) electrons. The maximum absolute atomic E-state index is 4.27. The molecule has 1 aromatic heterocycles. The molecule has 0 amide bonds. The number of hydrogen-bond donors (Lipinski definition) is 1. The maximum atomic E-state index is 4.27. The second kappa shape index (κ2) is 6.16. The second-order valence-electron chi connectivity index (χ2n) is 4.48. The van der Waals surface area contributed by atoms with Gasteiger partial charge in [-0.05, 0) is 31.0 Å². The molecule has 18 heavy (non-hydrogen) atoms. The third kappa shape index (κ3) is 3.43. The molecular formula is C14H18BrN3. The van der Waals surface area contributed by atoms with Crippen LogP contribution in [0, 0.1) is 6.92 Å². The fraction of sp³-hybridized carbons (Fsp3) is 0.357. The minimum Gasteiger partial charge on any atom is -0.308 e. The predicted octanol–water partition coefficient (Wildman–Crippen LogP) is 3.30. The van der Waals surface area contributed by atoms with Crippen LogP contribution in [0.1, 0.15) is 24.1 Å². The van der Waals surface area contributed by atoms with Gasteiger partial charge in [0.1, 0.15) is 0 Å². The van der Waals surface area contributed by atoms with E-state index in [1.165, 1.54) is 11.1 Å². The number of nitrogens with one attached hydrogen (secondary N) is 1. The predicted molar refractivity (Wildman–Crippen MR) is 77.5 cm³/mol. The molecule has 1 heterocycles. The van der Waals surface area contributed by atoms with Gasteiger partial charge in [-0.3, -0.25) is 4.68 Å². The third-order valence-electron chi connectivity index (χ3n) is 2.93. The Morgan fingerprint density at radius 2 is 2.17 bits per heavy atom. The van der Waals surface area contributed by atoms with Crippen molar-refractivity contribution < 1.29 is 0 Å². The summed E-state index contributed by atoms with van der Waals surface area (Å²) in [5.41, 5.74) is 2.49. The van der Waals surface area contributed by atoms with Crippen LogP contribution >= 0.6 is 15.9 Å². The van der Waals surface area contributed by atoms with E-state index in [0.29, 0.717) is 6.04 Å². The van der Waals surface area contributed by atoms with Crippen LogP contribution in [0.4, 0.5) is 0 Å². The molecule has 0 aliphatic rings. The highest BCUT2D eigenvalue weighted by Crippen LogP contribution is 2.22. The number of benzene rings is 1. The SMILES string of the molecule is Cc1cnn(CCNC(C)c2ccccc2Br)c1. The van der Waals surface area contributed by atoms with Crippen LogP contribution < -0.4 is 5.32 Å². The van der Waals surface area contributed by atoms with Crippen LogP contribution in [-0.2, 0) is 6.54 Å². The van der Waals surface area contributed by atoms with Crippen LogP contribution in [0.3, 0.4) is 0 Å². The molecule has 4 heteroatoms. The summed E-state index contributed by atoms with van der Waals surface area (Å²) in [5, 5.41) is 7.78. The number of rotatable bonds is 5. The lowest BCUT2D eigenvalue weighted by Crippen LogP contribution is -2.23. The van der Waals surface area contributed by atoms with E-state index in [4.69, 9.17) is 0 Å². The Bertz CT molecular complexity index is 507. The van der Waals surface area contributed by atoms with Crippen molar-refractivity contribution in [3.63, 3.8) is 0 Å². The van der Waals surface area contributed by atoms with E-state index in [2.05, 4.69) is 64.6 Å². The summed E-state index contributed by atoms with van der Waals surface area (Å²) < 4.78 is 3.12. The van der Waals surface area contributed by atoms with Crippen molar-refractivity contribution in [3.05, 3.63) is 52.3 Å². The lowest BCUT2D eigenvalue weighted by molar-refractivity contribution is 0.506. The van der Waals surface area contributed by atoms with Crippen LogP contribution in [0.15, 0.2) is 41.1 Å². The summed E-state index contributed by atoms with van der Waals surface area (Å²) in [4.78, 5) is 0. The Morgan fingerprint density at radius 3 is 2.83 bits per heavy atom. The van der Waals surface area contributed by atoms with E-state index in [1.54, 1.807) is 0 Å². The molecule has 0 saturated heterocycles. The van der Waals surface area contributed by atoms with Crippen molar-refractivity contribution >= 4 is 15.9 Å². The Hall–Kier alpha value is -1.13. The highest BCUT2D eigenvalue weighted by Gasteiger charge is 2.07. The van der Waals surface area contributed by atoms with E-state index < -0.39 is 0 Å². The summed E-state index contributed by atoms with van der Waals surface area (Å²) in [6.07, 6.45) is 3.95. The van der Waals surface area contributed by atoms with Crippen LogP contribution in [-0.4, -0.2) is 16.3 Å². The molecule has 1 N–H and O–H groups in total. The third-order valence-corrected chi connectivity index (χ3v) is 3.65. The first-order valence-corrected chi connectivity index (χ1v) is 6.93. The monoisotopic (exact) mass is 307 g/mol. The van der Waals surface area contributed by atoms with Gasteiger partial charge in [-0.15, -0.1) is 0 Å². The zero-order chi connectivity index (χ0) is 13.0. The summed E-state index contributed by atoms with van der Waals surface area (Å²) >= 11 is 3.58. The zero-order valence-electron chi connectivity index (χ0n) is 10.7. The minimum atomic E-state index is 0.331. The molecule has 0 spiro atoms. The van der Waals surface area contributed by atoms with E-state index in [0.717, 1.165) is 17.6 Å². The van der Waals surface area contributed by atoms with Gasteiger partial charge in [0, 0.05) is 23.3 Å². The molecule has 2 rings (SSSR count). The first kappa shape index (κ1) is 13.3. The Kier molecular flexibility index (Phi) is 4.55. The average molecular weight is 308 g/mol. The quantitative estimate of drug-likeness (QED) is 0.918. The Labute approximate surface area is 116 Å². The number of hydrogen-bond acceptors (Lipinski definition) is 2. The van der Waals surface area contributed by atoms with Gasteiger partial charge in [0.2, 0.25) is 0 Å². The molecule has 3 nitrogen and oxygen atoms in total. The number of halogens is 1. The van der Waals surface area contributed by atoms with E-state index >= 15 is 0 Å². The molecule has 1 aromatic carbocycles. The standard InChI is InChI=1S/C14H18BrN3/c1-11-9-17-18(10-11)8-7-16-12(2)13-5-3-4-6-14(13)15/h3-6,9-10,12,16H,7-8H2,1-2H3. The van der Waals surface area contributed by atoms with Gasteiger partial charge < -0.3 is 5.32 Å². The maximum Gasteiger partial charge on any atom is 0.0534 e. The number of nitrogens with zero attached hydrogens (tertiary/aromatic N) is 2. The molecule has 1 unspecified atom stereocenters. The molecule has 0 saturated carbocycles. The van der Waals surface area contributed by atoms with Crippen molar-refractivity contribution in [1.82, 2.24) is 15.1 Å². The molecule has 0 aliphatic heterocycles. The Balaban J connectivity index is 1.85. The van der Waals surface area contributed by atoms with Gasteiger partial charge >= 0.3 is 0 Å². The normalized spacial score (nSPS) is 12.6. The molecule has 1 atom stereocenters. The Morgan fingerprint density at radius 1 is 1.39 bits per heavy atom. The molecule has 2 aromatic rings. The molecule has 0 fully saturated rings. The number of aromatic nitrogens is 2. The summed E-state index contributed by atoms with van der Waals surface area (Å²) in [6.45, 7) is 6.03. The summed E-state index contributed by atoms with van der Waals surface area (Å²) in [6, 6.07) is 8.64. The highest BCUT2D eigenvalue weighted by atomic mass is 79.9. The fourth-order valence-electron chi connectivity index (χ4n) is 1.92. The average Bonchev–Trinajstić information content (AvgIpc) is 2.75. The van der Waals surface area contributed by atoms with Gasteiger partial charge in [0.05, 0.1) is 12.7 Å². The van der Waals surface area contributed by atoms with Gasteiger partial charge in [0.15, 0.2) is 0 Å². The summed E-state index contributed by atoms with van der Waals surface area (Å²) in [5.74, 6) is 0. The van der Waals surface area contributed by atoms with Crippen molar-refractivity contribution in [2.75, 3.05) is 6.54 Å². The zero-order valence-corrected chi connectivity index (χ0v) is 12.3. The van der Waals surface area contributed by atoms with E-state index in [-0.39, 0.29) is 0 Å².